The van der Waals surface area contributed by atoms with E-state index in [9.17, 15) is 0 Å². The van der Waals surface area contributed by atoms with Gasteiger partial charge in [-0.1, -0.05) is 0 Å². The molecule has 0 amide bonds. The lowest BCUT2D eigenvalue weighted by atomic mass is 10.3. The van der Waals surface area contributed by atoms with E-state index in [4.69, 9.17) is 0 Å². The van der Waals surface area contributed by atoms with Gasteiger partial charge in [0.15, 0.2) is 0 Å². The van der Waals surface area contributed by atoms with Gasteiger partial charge in [0.1, 0.15) is 0 Å². The lowest BCUT2D eigenvalue weighted by Crippen LogP contribution is -2.21. The molecular formula is C13H16N4. The molecule has 1 aliphatic heterocycles. The standard InChI is InChI=1S/C13H16N4/c1-11-9-12(3-6-14-11)16-8-4-13(10-16)17-7-2-5-15-17/h2-3,5-7,9,13H,4,8,10H2,1H3. The molecule has 0 N–H and O–H groups in total. The fourth-order valence-corrected chi connectivity index (χ4v) is 2.42. The highest BCUT2D eigenvalue weighted by atomic mass is 15.3. The summed E-state index contributed by atoms with van der Waals surface area (Å²) in [5.74, 6) is 0. The third kappa shape index (κ3) is 2.02. The van der Waals surface area contributed by atoms with Gasteiger partial charge in [-0.15, -0.1) is 0 Å². The Morgan fingerprint density at radius 1 is 1.35 bits per heavy atom. The molecule has 0 spiro atoms. The second kappa shape index (κ2) is 4.20. The number of rotatable bonds is 2. The topological polar surface area (TPSA) is 34.0 Å². The lowest BCUT2D eigenvalue weighted by Gasteiger charge is -2.18. The monoisotopic (exact) mass is 228 g/mol. The molecule has 1 fully saturated rings. The number of aromatic nitrogens is 3. The van der Waals surface area contributed by atoms with E-state index >= 15 is 0 Å². The Balaban J connectivity index is 1.76. The molecule has 0 aliphatic carbocycles. The fraction of sp³-hybridized carbons (Fsp3) is 0.385. The van der Waals surface area contributed by atoms with Gasteiger partial charge in [-0.25, -0.2) is 0 Å². The number of hydrogen-bond donors (Lipinski definition) is 0. The van der Waals surface area contributed by atoms with E-state index in [1.165, 1.54) is 5.69 Å². The molecule has 1 aliphatic rings. The molecule has 17 heavy (non-hydrogen) atoms. The van der Waals surface area contributed by atoms with Crippen molar-refractivity contribution in [1.29, 1.82) is 0 Å². The maximum absolute atomic E-state index is 4.32. The maximum atomic E-state index is 4.32. The Labute approximate surface area is 101 Å². The molecule has 3 heterocycles. The van der Waals surface area contributed by atoms with Gasteiger partial charge in [0.05, 0.1) is 6.04 Å². The van der Waals surface area contributed by atoms with Crippen LogP contribution in [0.1, 0.15) is 18.2 Å². The average molecular weight is 228 g/mol. The first kappa shape index (κ1) is 10.3. The van der Waals surface area contributed by atoms with Crippen LogP contribution in [0.25, 0.3) is 0 Å². The zero-order valence-corrected chi connectivity index (χ0v) is 9.95. The number of pyridine rings is 1. The smallest absolute Gasteiger partial charge is 0.0710 e. The number of nitrogens with zero attached hydrogens (tertiary/aromatic N) is 4. The van der Waals surface area contributed by atoms with Crippen molar-refractivity contribution in [3.8, 4) is 0 Å². The molecule has 1 saturated heterocycles. The van der Waals surface area contributed by atoms with Crippen molar-refractivity contribution in [2.24, 2.45) is 0 Å². The molecule has 0 aromatic carbocycles. The summed E-state index contributed by atoms with van der Waals surface area (Å²) in [6.07, 6.45) is 6.93. The summed E-state index contributed by atoms with van der Waals surface area (Å²) in [4.78, 5) is 6.64. The minimum Gasteiger partial charge on any atom is -0.369 e. The third-order valence-corrected chi connectivity index (χ3v) is 3.31. The van der Waals surface area contributed by atoms with Gasteiger partial charge in [-0.2, -0.15) is 5.10 Å². The van der Waals surface area contributed by atoms with E-state index in [-0.39, 0.29) is 0 Å². The highest BCUT2D eigenvalue weighted by Crippen LogP contribution is 2.26. The Morgan fingerprint density at radius 3 is 3.06 bits per heavy atom. The summed E-state index contributed by atoms with van der Waals surface area (Å²) < 4.78 is 2.06. The van der Waals surface area contributed by atoms with E-state index < -0.39 is 0 Å². The van der Waals surface area contributed by atoms with E-state index in [1.54, 1.807) is 0 Å². The zero-order chi connectivity index (χ0) is 11.7. The van der Waals surface area contributed by atoms with Crippen LogP contribution in [0.4, 0.5) is 5.69 Å². The molecule has 2 aromatic heterocycles. The number of aryl methyl sites for hydroxylation is 1. The second-order valence-corrected chi connectivity index (χ2v) is 4.53. The zero-order valence-electron chi connectivity index (χ0n) is 9.95. The normalized spacial score (nSPS) is 19.8. The van der Waals surface area contributed by atoms with Crippen LogP contribution in [0.15, 0.2) is 36.8 Å². The molecule has 0 radical (unpaired) electrons. The lowest BCUT2D eigenvalue weighted by molar-refractivity contribution is 0.495. The van der Waals surface area contributed by atoms with Gasteiger partial charge in [0, 0.05) is 43.1 Å². The summed E-state index contributed by atoms with van der Waals surface area (Å²) in [5.41, 5.74) is 2.34. The average Bonchev–Trinajstić information content (AvgIpc) is 3.00. The van der Waals surface area contributed by atoms with Gasteiger partial charge in [0.2, 0.25) is 0 Å². The molecule has 1 atom stereocenters. The van der Waals surface area contributed by atoms with E-state index in [0.717, 1.165) is 25.2 Å². The Bertz CT molecular complexity index is 492. The summed E-state index contributed by atoms with van der Waals surface area (Å²) in [6, 6.07) is 6.71. The molecule has 88 valence electrons. The molecule has 1 unspecified atom stereocenters. The largest absolute Gasteiger partial charge is 0.369 e. The van der Waals surface area contributed by atoms with Crippen LogP contribution in [0.5, 0.6) is 0 Å². The molecule has 2 aromatic rings. The van der Waals surface area contributed by atoms with Crippen molar-refractivity contribution in [3.05, 3.63) is 42.5 Å². The van der Waals surface area contributed by atoms with Gasteiger partial charge in [-0.3, -0.25) is 9.67 Å². The van der Waals surface area contributed by atoms with E-state index in [0.29, 0.717) is 6.04 Å². The first-order valence-electron chi connectivity index (χ1n) is 5.99. The van der Waals surface area contributed by atoms with Crippen molar-refractivity contribution in [3.63, 3.8) is 0 Å². The summed E-state index contributed by atoms with van der Waals surface area (Å²) >= 11 is 0. The van der Waals surface area contributed by atoms with Crippen LogP contribution >= 0.6 is 0 Å². The molecule has 0 saturated carbocycles. The SMILES string of the molecule is Cc1cc(N2CCC(n3cccn3)C2)ccn1. The minimum absolute atomic E-state index is 0.499. The minimum atomic E-state index is 0.499. The van der Waals surface area contributed by atoms with Crippen molar-refractivity contribution in [2.75, 3.05) is 18.0 Å². The highest BCUT2D eigenvalue weighted by molar-refractivity contribution is 5.47. The number of hydrogen-bond acceptors (Lipinski definition) is 3. The van der Waals surface area contributed by atoms with E-state index in [2.05, 4.69) is 31.8 Å². The van der Waals surface area contributed by atoms with Crippen molar-refractivity contribution >= 4 is 5.69 Å². The van der Waals surface area contributed by atoms with Gasteiger partial charge < -0.3 is 4.90 Å². The molecule has 4 heteroatoms. The first-order valence-corrected chi connectivity index (χ1v) is 5.99. The summed E-state index contributed by atoms with van der Waals surface area (Å²) in [5, 5.41) is 4.32. The second-order valence-electron chi connectivity index (χ2n) is 4.53. The van der Waals surface area contributed by atoms with Crippen LogP contribution < -0.4 is 4.90 Å². The maximum Gasteiger partial charge on any atom is 0.0710 e. The summed E-state index contributed by atoms with van der Waals surface area (Å²) in [7, 11) is 0. The van der Waals surface area contributed by atoms with Gasteiger partial charge in [-0.05, 0) is 31.5 Å². The number of anilines is 1. The Morgan fingerprint density at radius 2 is 2.29 bits per heavy atom. The van der Waals surface area contributed by atoms with Crippen molar-refractivity contribution < 1.29 is 0 Å². The predicted octanol–water partition coefficient (Wildman–Crippen LogP) is 2.04. The summed E-state index contributed by atoms with van der Waals surface area (Å²) in [6.45, 7) is 4.16. The Hall–Kier alpha value is -1.84. The molecule has 3 rings (SSSR count). The van der Waals surface area contributed by atoms with E-state index in [1.807, 2.05) is 31.6 Å². The van der Waals surface area contributed by atoms with Gasteiger partial charge in [0.25, 0.3) is 0 Å². The fourth-order valence-electron chi connectivity index (χ4n) is 2.42. The Kier molecular flexibility index (Phi) is 2.55. The predicted molar refractivity (Wildman–Crippen MR) is 67.1 cm³/mol. The van der Waals surface area contributed by atoms with Crippen LogP contribution in [0.3, 0.4) is 0 Å². The highest BCUT2D eigenvalue weighted by Gasteiger charge is 2.24. The van der Waals surface area contributed by atoms with Crippen molar-refractivity contribution in [1.82, 2.24) is 14.8 Å². The van der Waals surface area contributed by atoms with Crippen LogP contribution in [0, 0.1) is 6.92 Å². The molecule has 4 nitrogen and oxygen atoms in total. The van der Waals surface area contributed by atoms with Crippen molar-refractivity contribution in [2.45, 2.75) is 19.4 Å². The first-order chi connectivity index (χ1) is 8.33. The van der Waals surface area contributed by atoms with Crippen LogP contribution in [-0.4, -0.2) is 27.9 Å². The van der Waals surface area contributed by atoms with Crippen LogP contribution in [-0.2, 0) is 0 Å². The third-order valence-electron chi connectivity index (χ3n) is 3.31. The quantitative estimate of drug-likeness (QED) is 0.788. The molecular weight excluding hydrogens is 212 g/mol. The van der Waals surface area contributed by atoms with Gasteiger partial charge >= 0.3 is 0 Å². The molecule has 0 bridgehead atoms. The van der Waals surface area contributed by atoms with Crippen LogP contribution in [0.2, 0.25) is 0 Å².